The number of benzene rings is 1. The number of methoxy groups -OCH3 is 1. The predicted octanol–water partition coefficient (Wildman–Crippen LogP) is 3.11. The number of aromatic nitrogens is 3. The van der Waals surface area contributed by atoms with Crippen molar-refractivity contribution in [2.24, 2.45) is 5.92 Å². The van der Waals surface area contributed by atoms with Gasteiger partial charge in [0.1, 0.15) is 18.1 Å². The van der Waals surface area contributed by atoms with Crippen LogP contribution >= 0.6 is 11.3 Å². The third-order valence-corrected chi connectivity index (χ3v) is 7.11. The molecule has 2 heterocycles. The number of hydrogen-bond donors (Lipinski definition) is 2. The lowest BCUT2D eigenvalue weighted by Crippen LogP contribution is -2.34. The number of aliphatic hydroxyl groups excluding tert-OH is 1. The molecule has 0 aliphatic heterocycles. The molecule has 0 unspecified atom stereocenters. The quantitative estimate of drug-likeness (QED) is 0.542. The molecule has 1 amide bonds. The van der Waals surface area contributed by atoms with Crippen LogP contribution in [0.5, 0.6) is 5.75 Å². The molecular weight excluding hydrogens is 444 g/mol. The Morgan fingerprint density at radius 1 is 1.24 bits per heavy atom. The van der Waals surface area contributed by atoms with E-state index in [4.69, 9.17) is 9.47 Å². The second kappa shape index (κ2) is 9.12. The maximum absolute atomic E-state index is 12.3. The highest BCUT2D eigenvalue weighted by molar-refractivity contribution is 7.22. The number of Topliss-reactive ketones (excluding diaryl/α,β-unsaturated/α-hetero) is 1. The smallest absolute Gasteiger partial charge is 0.230 e. The van der Waals surface area contributed by atoms with Crippen molar-refractivity contribution in [2.75, 3.05) is 12.4 Å². The van der Waals surface area contributed by atoms with Crippen LogP contribution in [0.25, 0.3) is 21.3 Å². The summed E-state index contributed by atoms with van der Waals surface area (Å²) in [5.74, 6) is 0.852. The van der Waals surface area contributed by atoms with E-state index in [0.29, 0.717) is 35.1 Å². The van der Waals surface area contributed by atoms with Crippen LogP contribution in [-0.4, -0.2) is 51.1 Å². The summed E-state index contributed by atoms with van der Waals surface area (Å²) in [6.07, 6.45) is 6.07. The van der Waals surface area contributed by atoms with Gasteiger partial charge >= 0.3 is 0 Å². The summed E-state index contributed by atoms with van der Waals surface area (Å²) in [6.45, 7) is 0.253. The summed E-state index contributed by atoms with van der Waals surface area (Å²) in [7, 11) is 1.59. The molecule has 33 heavy (non-hydrogen) atoms. The van der Waals surface area contributed by atoms with Gasteiger partial charge in [-0.15, -0.1) is 0 Å². The van der Waals surface area contributed by atoms with Gasteiger partial charge in [0.15, 0.2) is 11.0 Å². The molecule has 2 aliphatic carbocycles. The van der Waals surface area contributed by atoms with E-state index in [1.807, 2.05) is 12.1 Å². The largest absolute Gasteiger partial charge is 0.495 e. The van der Waals surface area contributed by atoms with Gasteiger partial charge in [0.05, 0.1) is 35.5 Å². The van der Waals surface area contributed by atoms with E-state index < -0.39 is 6.10 Å². The van der Waals surface area contributed by atoms with Crippen LogP contribution < -0.4 is 10.1 Å². The Kier molecular flexibility index (Phi) is 6.05. The number of anilines is 1. The monoisotopic (exact) mass is 468 g/mol. The lowest BCUT2D eigenvalue weighted by molar-refractivity contribution is -0.135. The molecule has 172 valence electrons. The molecule has 1 aromatic carbocycles. The topological polar surface area (TPSA) is 124 Å². The molecule has 2 N–H and O–H groups in total. The first kappa shape index (κ1) is 21.9. The molecule has 2 aliphatic rings. The second-order valence-electron chi connectivity index (χ2n) is 8.38. The predicted molar refractivity (Wildman–Crippen MR) is 122 cm³/mol. The average molecular weight is 469 g/mol. The van der Waals surface area contributed by atoms with E-state index >= 15 is 0 Å². The number of carbonyl (C=O) groups is 2. The Balaban J connectivity index is 1.33. The summed E-state index contributed by atoms with van der Waals surface area (Å²) < 4.78 is 12.2. The second-order valence-corrected chi connectivity index (χ2v) is 9.38. The summed E-state index contributed by atoms with van der Waals surface area (Å²) in [6, 6.07) is 3.76. The Hall–Kier alpha value is -2.95. The molecule has 2 fully saturated rings. The van der Waals surface area contributed by atoms with E-state index in [1.165, 1.54) is 11.3 Å². The van der Waals surface area contributed by atoms with Gasteiger partial charge in [-0.3, -0.25) is 9.59 Å². The average Bonchev–Trinajstić information content (AvgIpc) is 3.40. The number of aliphatic hydroxyl groups is 1. The molecule has 0 spiro atoms. The highest BCUT2D eigenvalue weighted by Crippen LogP contribution is 2.41. The first-order valence-electron chi connectivity index (χ1n) is 10.9. The summed E-state index contributed by atoms with van der Waals surface area (Å²) in [5.41, 5.74) is 2.31. The zero-order valence-electron chi connectivity index (χ0n) is 18.1. The number of fused-ring (bicyclic) bond motifs is 1. The fourth-order valence-corrected chi connectivity index (χ4v) is 5.18. The van der Waals surface area contributed by atoms with Crippen LogP contribution in [0.1, 0.15) is 37.9 Å². The molecule has 3 aromatic rings. The molecule has 5 rings (SSSR count). The fraction of sp³-hybridized carbons (Fsp3) is 0.435. The van der Waals surface area contributed by atoms with Gasteiger partial charge in [-0.05, 0) is 31.4 Å². The Morgan fingerprint density at radius 2 is 2.03 bits per heavy atom. The Labute approximate surface area is 194 Å². The van der Waals surface area contributed by atoms with Gasteiger partial charge in [-0.25, -0.2) is 15.0 Å². The van der Waals surface area contributed by atoms with Crippen molar-refractivity contribution in [1.29, 1.82) is 0 Å². The maximum Gasteiger partial charge on any atom is 0.230 e. The summed E-state index contributed by atoms with van der Waals surface area (Å²) >= 11 is 1.33. The first-order valence-corrected chi connectivity index (χ1v) is 11.7. The highest BCUT2D eigenvalue weighted by atomic mass is 32.1. The van der Waals surface area contributed by atoms with Crippen LogP contribution in [-0.2, 0) is 20.9 Å². The first-order chi connectivity index (χ1) is 16.0. The van der Waals surface area contributed by atoms with Crippen molar-refractivity contribution in [3.05, 3.63) is 30.4 Å². The van der Waals surface area contributed by atoms with Crippen LogP contribution in [0.3, 0.4) is 0 Å². The SMILES string of the molecule is COc1c(-c2cnc(CO[C@H]3CCC[C@@H]3O)nc2)ccc2nc(NC(=O)C3CC(=O)C3)sc12. The molecular formula is C23H24N4O5S. The number of nitrogens with zero attached hydrogens (tertiary/aromatic N) is 3. The van der Waals surface area contributed by atoms with Crippen molar-refractivity contribution >= 4 is 38.4 Å². The van der Waals surface area contributed by atoms with Crippen molar-refractivity contribution < 1.29 is 24.2 Å². The number of ketones is 1. The fourth-order valence-electron chi connectivity index (χ4n) is 4.18. The minimum Gasteiger partial charge on any atom is -0.495 e. The molecule has 2 atom stereocenters. The number of amides is 1. The van der Waals surface area contributed by atoms with Crippen LogP contribution in [0, 0.1) is 5.92 Å². The van der Waals surface area contributed by atoms with Gasteiger partial charge in [0.2, 0.25) is 5.91 Å². The van der Waals surface area contributed by atoms with Gasteiger partial charge < -0.3 is 19.9 Å². The normalized spacial score (nSPS) is 20.7. The van der Waals surface area contributed by atoms with Crippen LogP contribution in [0.15, 0.2) is 24.5 Å². The van der Waals surface area contributed by atoms with Crippen LogP contribution in [0.2, 0.25) is 0 Å². The molecule has 10 heteroatoms. The minimum absolute atomic E-state index is 0.113. The Bertz CT molecular complexity index is 1190. The maximum atomic E-state index is 12.3. The van der Waals surface area contributed by atoms with Crippen molar-refractivity contribution in [3.8, 4) is 16.9 Å². The third-order valence-electron chi connectivity index (χ3n) is 6.13. The molecule has 2 aromatic heterocycles. The van der Waals surface area contributed by atoms with Crippen molar-refractivity contribution in [3.63, 3.8) is 0 Å². The summed E-state index contributed by atoms with van der Waals surface area (Å²) in [4.78, 5) is 36.8. The molecule has 0 bridgehead atoms. The van der Waals surface area contributed by atoms with E-state index in [1.54, 1.807) is 19.5 Å². The summed E-state index contributed by atoms with van der Waals surface area (Å²) in [5, 5.41) is 13.2. The number of carbonyl (C=O) groups excluding carboxylic acids is 2. The Morgan fingerprint density at radius 3 is 2.70 bits per heavy atom. The van der Waals surface area contributed by atoms with Crippen molar-refractivity contribution in [1.82, 2.24) is 15.0 Å². The standard InChI is InChI=1S/C23H24N4O5S/c1-31-20-15(13-9-24-19(25-10-13)11-32-18-4-2-3-17(18)29)5-6-16-21(20)33-23(26-16)27-22(30)12-7-14(28)8-12/h5-6,9-10,12,17-18,29H,2-4,7-8,11H2,1H3,(H,26,27,30)/t17-,18-/m0/s1. The number of nitrogens with one attached hydrogen (secondary N) is 1. The minimum atomic E-state index is -0.412. The number of thiazole rings is 1. The van der Waals surface area contributed by atoms with Crippen LogP contribution in [0.4, 0.5) is 5.13 Å². The molecule has 0 radical (unpaired) electrons. The van der Waals surface area contributed by atoms with Gasteiger partial charge in [-0.2, -0.15) is 0 Å². The molecule has 9 nitrogen and oxygen atoms in total. The van der Waals surface area contributed by atoms with E-state index in [2.05, 4.69) is 20.3 Å². The molecule has 0 saturated heterocycles. The lowest BCUT2D eigenvalue weighted by atomic mass is 9.83. The highest BCUT2D eigenvalue weighted by Gasteiger charge is 2.33. The van der Waals surface area contributed by atoms with Gasteiger partial charge in [-0.1, -0.05) is 11.3 Å². The van der Waals surface area contributed by atoms with Gasteiger partial charge in [0.25, 0.3) is 0 Å². The van der Waals surface area contributed by atoms with E-state index in [9.17, 15) is 14.7 Å². The lowest BCUT2D eigenvalue weighted by Gasteiger charge is -2.21. The zero-order chi connectivity index (χ0) is 22.9. The van der Waals surface area contributed by atoms with Crippen molar-refractivity contribution in [2.45, 2.75) is 50.9 Å². The number of rotatable bonds is 7. The van der Waals surface area contributed by atoms with E-state index in [-0.39, 0.29) is 30.3 Å². The zero-order valence-corrected chi connectivity index (χ0v) is 18.9. The third kappa shape index (κ3) is 4.46. The van der Waals surface area contributed by atoms with Gasteiger partial charge in [0, 0.05) is 36.4 Å². The molecule has 2 saturated carbocycles. The number of ether oxygens (including phenoxy) is 2. The van der Waals surface area contributed by atoms with E-state index in [0.717, 1.165) is 35.1 Å². The number of hydrogen-bond acceptors (Lipinski definition) is 9.